The number of hydrogen-bond donors (Lipinski definition) is 1. The highest BCUT2D eigenvalue weighted by atomic mass is 35.5. The Labute approximate surface area is 141 Å². The molecule has 1 saturated heterocycles. The van der Waals surface area contributed by atoms with Gasteiger partial charge < -0.3 is 15.4 Å². The van der Waals surface area contributed by atoms with E-state index in [0.717, 1.165) is 5.56 Å². The Morgan fingerprint density at radius 2 is 1.91 bits per heavy atom. The number of nitrogens with two attached hydrogens (primary N) is 1. The number of benzene rings is 1. The van der Waals surface area contributed by atoms with Crippen LogP contribution in [0.3, 0.4) is 0 Å². The second-order valence-electron chi connectivity index (χ2n) is 5.81. The smallest absolute Gasteiger partial charge is 0.248 e. The van der Waals surface area contributed by atoms with Gasteiger partial charge in [0.05, 0.1) is 18.6 Å². The normalized spacial score (nSPS) is 18.7. The number of amides is 2. The molecular weight excluding hydrogens is 316 g/mol. The summed E-state index contributed by atoms with van der Waals surface area (Å²) in [4.78, 5) is 26.3. The Morgan fingerprint density at radius 1 is 1.30 bits per heavy atom. The number of ether oxygens (including phenoxy) is 1. The van der Waals surface area contributed by atoms with Crippen molar-refractivity contribution in [3.8, 4) is 0 Å². The van der Waals surface area contributed by atoms with Crippen molar-refractivity contribution in [1.82, 2.24) is 4.90 Å². The minimum atomic E-state index is -0.732. The second-order valence-corrected chi connectivity index (χ2v) is 6.25. The number of nitrogens with zero attached hydrogens (tertiary/aromatic N) is 1. The average Bonchev–Trinajstić information content (AvgIpc) is 2.57. The molecule has 1 heterocycles. The molecule has 6 heteroatoms. The van der Waals surface area contributed by atoms with Crippen LogP contribution in [0.15, 0.2) is 24.3 Å². The molecule has 0 radical (unpaired) electrons. The molecule has 2 amide bonds. The number of hydrogen-bond acceptors (Lipinski definition) is 3. The third-order valence-electron chi connectivity index (χ3n) is 4.68. The molecule has 1 fully saturated rings. The molecule has 23 heavy (non-hydrogen) atoms. The van der Waals surface area contributed by atoms with Gasteiger partial charge in [0, 0.05) is 11.6 Å². The second kappa shape index (κ2) is 7.32. The fourth-order valence-corrected chi connectivity index (χ4v) is 3.29. The fraction of sp³-hybridized carbons (Fsp3) is 0.529. The zero-order chi connectivity index (χ0) is 17.0. The third kappa shape index (κ3) is 3.51. The highest BCUT2D eigenvalue weighted by Gasteiger charge is 2.41. The molecule has 0 aliphatic carbocycles. The summed E-state index contributed by atoms with van der Waals surface area (Å²) in [6.45, 7) is 5.01. The van der Waals surface area contributed by atoms with E-state index < -0.39 is 17.4 Å². The lowest BCUT2D eigenvalue weighted by atomic mass is 9.74. The molecule has 2 N–H and O–H groups in total. The lowest BCUT2D eigenvalue weighted by Crippen LogP contribution is -2.55. The first-order chi connectivity index (χ1) is 10.9. The van der Waals surface area contributed by atoms with Crippen molar-refractivity contribution in [3.63, 3.8) is 0 Å². The minimum absolute atomic E-state index is 0.0133. The SMILES string of the molecule is CCC(CC)(C(=O)N1CCOC(C(N)=O)C1)c1ccc(Cl)cc1. The zero-order valence-electron chi connectivity index (χ0n) is 13.5. The predicted molar refractivity (Wildman–Crippen MR) is 89.2 cm³/mol. The molecule has 1 aliphatic rings. The van der Waals surface area contributed by atoms with E-state index in [9.17, 15) is 9.59 Å². The molecule has 1 aromatic carbocycles. The maximum Gasteiger partial charge on any atom is 0.248 e. The summed E-state index contributed by atoms with van der Waals surface area (Å²) >= 11 is 5.97. The first kappa shape index (κ1) is 17.8. The van der Waals surface area contributed by atoms with Crippen LogP contribution in [0.25, 0.3) is 0 Å². The number of carbonyl (C=O) groups is 2. The standard InChI is InChI=1S/C17H23ClN2O3/c1-3-17(4-2,12-5-7-13(18)8-6-12)16(22)20-9-10-23-14(11-20)15(19)21/h5-8,14H,3-4,9-11H2,1-2H3,(H2,19,21). The molecule has 1 unspecified atom stereocenters. The first-order valence-corrected chi connectivity index (χ1v) is 8.28. The summed E-state index contributed by atoms with van der Waals surface area (Å²) in [6.07, 6.45) is 0.606. The van der Waals surface area contributed by atoms with Crippen molar-refractivity contribution in [2.45, 2.75) is 38.2 Å². The Morgan fingerprint density at radius 3 is 2.43 bits per heavy atom. The number of rotatable bonds is 5. The van der Waals surface area contributed by atoms with Crippen LogP contribution in [0, 0.1) is 0 Å². The van der Waals surface area contributed by atoms with Gasteiger partial charge in [0.1, 0.15) is 0 Å². The van der Waals surface area contributed by atoms with Gasteiger partial charge in [0.2, 0.25) is 11.8 Å². The van der Waals surface area contributed by atoms with Crippen LogP contribution in [0.1, 0.15) is 32.3 Å². The third-order valence-corrected chi connectivity index (χ3v) is 4.94. The molecule has 0 saturated carbocycles. The zero-order valence-corrected chi connectivity index (χ0v) is 14.3. The van der Waals surface area contributed by atoms with Gasteiger partial charge in [-0.25, -0.2) is 0 Å². The first-order valence-electron chi connectivity index (χ1n) is 7.91. The van der Waals surface area contributed by atoms with Crippen molar-refractivity contribution in [3.05, 3.63) is 34.9 Å². The largest absolute Gasteiger partial charge is 0.367 e. The lowest BCUT2D eigenvalue weighted by molar-refractivity contribution is -0.150. The van der Waals surface area contributed by atoms with E-state index in [1.165, 1.54) is 0 Å². The lowest BCUT2D eigenvalue weighted by Gasteiger charge is -2.39. The highest BCUT2D eigenvalue weighted by molar-refractivity contribution is 6.30. The molecule has 0 spiro atoms. The van der Waals surface area contributed by atoms with Crippen molar-refractivity contribution in [2.75, 3.05) is 19.7 Å². The summed E-state index contributed by atoms with van der Waals surface area (Å²) in [5, 5.41) is 0.641. The molecule has 0 aromatic heterocycles. The highest BCUT2D eigenvalue weighted by Crippen LogP contribution is 2.35. The number of carbonyl (C=O) groups excluding carboxylic acids is 2. The van der Waals surface area contributed by atoms with Crippen LogP contribution in [-0.4, -0.2) is 42.5 Å². The van der Waals surface area contributed by atoms with Crippen molar-refractivity contribution < 1.29 is 14.3 Å². The van der Waals surface area contributed by atoms with Gasteiger partial charge in [-0.05, 0) is 30.5 Å². The summed E-state index contributed by atoms with van der Waals surface area (Å²) < 4.78 is 5.34. The molecule has 5 nitrogen and oxygen atoms in total. The quantitative estimate of drug-likeness (QED) is 0.893. The van der Waals surface area contributed by atoms with Gasteiger partial charge >= 0.3 is 0 Å². The van der Waals surface area contributed by atoms with Gasteiger partial charge in [0.25, 0.3) is 0 Å². The van der Waals surface area contributed by atoms with E-state index in [4.69, 9.17) is 22.1 Å². The van der Waals surface area contributed by atoms with E-state index in [-0.39, 0.29) is 12.5 Å². The summed E-state index contributed by atoms with van der Waals surface area (Å²) in [5.74, 6) is -0.521. The molecule has 0 bridgehead atoms. The van der Waals surface area contributed by atoms with Crippen LogP contribution in [0.2, 0.25) is 5.02 Å². The van der Waals surface area contributed by atoms with Crippen molar-refractivity contribution in [2.24, 2.45) is 5.73 Å². The topological polar surface area (TPSA) is 72.6 Å². The Hall–Kier alpha value is -1.59. The fourth-order valence-electron chi connectivity index (χ4n) is 3.16. The minimum Gasteiger partial charge on any atom is -0.367 e. The average molecular weight is 339 g/mol. The van der Waals surface area contributed by atoms with Gasteiger partial charge in [-0.2, -0.15) is 0 Å². The molecular formula is C17H23ClN2O3. The van der Waals surface area contributed by atoms with Crippen LogP contribution in [0.4, 0.5) is 0 Å². The van der Waals surface area contributed by atoms with Crippen molar-refractivity contribution >= 4 is 23.4 Å². The van der Waals surface area contributed by atoms with E-state index in [1.54, 1.807) is 17.0 Å². The summed E-state index contributed by atoms with van der Waals surface area (Å²) in [7, 11) is 0. The van der Waals surface area contributed by atoms with Crippen LogP contribution in [0.5, 0.6) is 0 Å². The van der Waals surface area contributed by atoms with Gasteiger partial charge in [-0.1, -0.05) is 37.6 Å². The molecule has 2 rings (SSSR count). The predicted octanol–water partition coefficient (Wildman–Crippen LogP) is 2.11. The van der Waals surface area contributed by atoms with E-state index in [0.29, 0.717) is 31.0 Å². The van der Waals surface area contributed by atoms with E-state index in [2.05, 4.69) is 0 Å². The van der Waals surface area contributed by atoms with E-state index in [1.807, 2.05) is 26.0 Å². The number of morpholine rings is 1. The maximum atomic E-state index is 13.2. The summed E-state index contributed by atoms with van der Waals surface area (Å²) in [6, 6.07) is 7.41. The van der Waals surface area contributed by atoms with Gasteiger partial charge in [-0.3, -0.25) is 9.59 Å². The monoisotopic (exact) mass is 338 g/mol. The Kier molecular flexibility index (Phi) is 5.65. The van der Waals surface area contributed by atoms with Crippen LogP contribution in [-0.2, 0) is 19.7 Å². The molecule has 1 atom stereocenters. The Bertz CT molecular complexity index is 570. The Balaban J connectivity index is 2.31. The number of halogens is 1. The maximum absolute atomic E-state index is 13.2. The van der Waals surface area contributed by atoms with Gasteiger partial charge in [0.15, 0.2) is 6.10 Å². The van der Waals surface area contributed by atoms with Crippen LogP contribution >= 0.6 is 11.6 Å². The number of primary amides is 1. The summed E-state index contributed by atoms with van der Waals surface area (Å²) in [5.41, 5.74) is 5.64. The molecule has 1 aliphatic heterocycles. The molecule has 126 valence electrons. The molecule has 1 aromatic rings. The van der Waals surface area contributed by atoms with Crippen LogP contribution < -0.4 is 5.73 Å². The van der Waals surface area contributed by atoms with Crippen molar-refractivity contribution in [1.29, 1.82) is 0 Å². The van der Waals surface area contributed by atoms with E-state index >= 15 is 0 Å². The van der Waals surface area contributed by atoms with Gasteiger partial charge in [-0.15, -0.1) is 0 Å².